The van der Waals surface area contributed by atoms with Gasteiger partial charge in [-0.1, -0.05) is 11.6 Å². The van der Waals surface area contributed by atoms with Crippen LogP contribution in [-0.2, 0) is 16.1 Å². The van der Waals surface area contributed by atoms with Gasteiger partial charge in [0.15, 0.2) is 23.3 Å². The fraction of sp³-hybridized carbons (Fsp3) is 0.176. The lowest BCUT2D eigenvalue weighted by Crippen LogP contribution is -2.15. The summed E-state index contributed by atoms with van der Waals surface area (Å²) in [5, 5.41) is 6.87. The summed E-state index contributed by atoms with van der Waals surface area (Å²) in [5.74, 6) is -4.71. The molecule has 0 bridgehead atoms. The van der Waals surface area contributed by atoms with Crippen LogP contribution in [0.1, 0.15) is 6.92 Å². The molecule has 0 saturated carbocycles. The van der Waals surface area contributed by atoms with Gasteiger partial charge in [-0.2, -0.15) is 4.98 Å². The fourth-order valence-electron chi connectivity index (χ4n) is 2.35. The van der Waals surface area contributed by atoms with Crippen LogP contribution in [0.3, 0.4) is 0 Å². The van der Waals surface area contributed by atoms with Gasteiger partial charge in [0, 0.05) is 29.6 Å². The topological polar surface area (TPSA) is 81.9 Å². The first-order chi connectivity index (χ1) is 13.4. The number of pyridine rings is 1. The van der Waals surface area contributed by atoms with Crippen LogP contribution in [0.25, 0.3) is 11.4 Å². The van der Waals surface area contributed by atoms with Crippen molar-refractivity contribution in [2.75, 3.05) is 11.9 Å². The van der Waals surface area contributed by atoms with E-state index in [0.717, 1.165) is 12.1 Å². The number of ether oxygens (including phenoxy) is 1. The second-order valence-corrected chi connectivity index (χ2v) is 5.86. The molecule has 2 heterocycles. The second-order valence-electron chi connectivity index (χ2n) is 5.47. The molecule has 0 aliphatic carbocycles. The summed E-state index contributed by atoms with van der Waals surface area (Å²) >= 11 is 5.89. The first kappa shape index (κ1) is 19.6. The molecule has 28 heavy (non-hydrogen) atoms. The molecule has 3 rings (SSSR count). The van der Waals surface area contributed by atoms with Gasteiger partial charge in [-0.25, -0.2) is 22.8 Å². The van der Waals surface area contributed by atoms with Crippen molar-refractivity contribution < 1.29 is 22.7 Å². The number of esters is 1. The van der Waals surface area contributed by atoms with E-state index in [1.807, 2.05) is 0 Å². The Morgan fingerprint density at radius 3 is 2.61 bits per heavy atom. The van der Waals surface area contributed by atoms with Gasteiger partial charge < -0.3 is 10.1 Å². The molecule has 0 amide bonds. The Kier molecular flexibility index (Phi) is 5.78. The summed E-state index contributed by atoms with van der Waals surface area (Å²) in [4.78, 5) is 19.9. The van der Waals surface area contributed by atoms with E-state index in [2.05, 4.69) is 20.4 Å². The standard InChI is InChI=1S/C17H13ClF3N5O2/c1-2-28-14(27)8-26-16(9-3-4-22-13(18)5-9)24-17(25-26)23-10-6-11(19)15(21)12(20)7-10/h3-7H,2,8H2,1H3,(H,23,25). The monoisotopic (exact) mass is 411 g/mol. The summed E-state index contributed by atoms with van der Waals surface area (Å²) in [6.45, 7) is 1.58. The zero-order chi connectivity index (χ0) is 20.3. The quantitative estimate of drug-likeness (QED) is 0.378. The number of hydrogen-bond acceptors (Lipinski definition) is 6. The third-order valence-corrected chi connectivity index (χ3v) is 3.69. The predicted octanol–water partition coefficient (Wildman–Crippen LogP) is 3.72. The predicted molar refractivity (Wildman–Crippen MR) is 94.5 cm³/mol. The minimum absolute atomic E-state index is 0.0716. The van der Waals surface area contributed by atoms with E-state index in [4.69, 9.17) is 16.3 Å². The maximum absolute atomic E-state index is 13.4. The number of nitrogens with zero attached hydrogens (tertiary/aromatic N) is 4. The maximum Gasteiger partial charge on any atom is 0.327 e. The average molecular weight is 412 g/mol. The summed E-state index contributed by atoms with van der Waals surface area (Å²) in [7, 11) is 0. The van der Waals surface area contributed by atoms with Crippen LogP contribution in [0.2, 0.25) is 5.15 Å². The molecular formula is C17H13ClF3N5O2. The van der Waals surface area contributed by atoms with Crippen LogP contribution in [0.5, 0.6) is 0 Å². The highest BCUT2D eigenvalue weighted by Gasteiger charge is 2.17. The van der Waals surface area contributed by atoms with Gasteiger partial charge in [-0.3, -0.25) is 4.79 Å². The highest BCUT2D eigenvalue weighted by Crippen LogP contribution is 2.24. The number of aromatic nitrogens is 4. The molecule has 7 nitrogen and oxygen atoms in total. The van der Waals surface area contributed by atoms with Gasteiger partial charge in [-0.15, -0.1) is 5.10 Å². The number of carbonyl (C=O) groups is 1. The van der Waals surface area contributed by atoms with Crippen molar-refractivity contribution in [1.29, 1.82) is 0 Å². The Morgan fingerprint density at radius 2 is 1.96 bits per heavy atom. The Morgan fingerprint density at radius 1 is 1.25 bits per heavy atom. The number of nitrogens with one attached hydrogen (secondary N) is 1. The van der Waals surface area contributed by atoms with Crippen molar-refractivity contribution in [2.45, 2.75) is 13.5 Å². The Balaban J connectivity index is 1.97. The minimum atomic E-state index is -1.58. The fourth-order valence-corrected chi connectivity index (χ4v) is 2.52. The van der Waals surface area contributed by atoms with Crippen LogP contribution in [0.4, 0.5) is 24.8 Å². The second kappa shape index (κ2) is 8.26. The average Bonchev–Trinajstić information content (AvgIpc) is 3.02. The Hall–Kier alpha value is -3.14. The number of hydrogen-bond donors (Lipinski definition) is 1. The molecule has 1 N–H and O–H groups in total. The number of benzene rings is 1. The van der Waals surface area contributed by atoms with Gasteiger partial charge in [0.05, 0.1) is 6.61 Å². The van der Waals surface area contributed by atoms with Crippen molar-refractivity contribution in [3.63, 3.8) is 0 Å². The molecule has 0 radical (unpaired) electrons. The molecule has 0 aliphatic rings. The van der Waals surface area contributed by atoms with Crippen LogP contribution in [0.15, 0.2) is 30.5 Å². The number of carbonyl (C=O) groups excluding carboxylic acids is 1. The minimum Gasteiger partial charge on any atom is -0.465 e. The summed E-state index contributed by atoms with van der Waals surface area (Å²) < 4.78 is 46.1. The van der Waals surface area contributed by atoms with Crippen LogP contribution in [0, 0.1) is 17.5 Å². The number of anilines is 2. The van der Waals surface area contributed by atoms with E-state index in [-0.39, 0.29) is 35.8 Å². The Labute approximate surface area is 162 Å². The van der Waals surface area contributed by atoms with Crippen LogP contribution in [-0.4, -0.2) is 32.3 Å². The van der Waals surface area contributed by atoms with Crippen LogP contribution >= 0.6 is 11.6 Å². The third-order valence-electron chi connectivity index (χ3n) is 3.48. The molecule has 0 spiro atoms. The molecule has 3 aromatic rings. The SMILES string of the molecule is CCOC(=O)Cn1nc(Nc2cc(F)c(F)c(F)c2)nc1-c1ccnc(Cl)c1. The molecule has 1 aromatic carbocycles. The highest BCUT2D eigenvalue weighted by molar-refractivity contribution is 6.29. The molecule has 0 unspecified atom stereocenters. The number of halogens is 4. The van der Waals surface area contributed by atoms with Gasteiger partial charge in [0.1, 0.15) is 11.7 Å². The first-order valence-electron chi connectivity index (χ1n) is 8.01. The lowest BCUT2D eigenvalue weighted by Gasteiger charge is -2.05. The van der Waals surface area contributed by atoms with E-state index in [1.165, 1.54) is 16.9 Å². The van der Waals surface area contributed by atoms with E-state index in [1.54, 1.807) is 13.0 Å². The number of rotatable bonds is 6. The third kappa shape index (κ3) is 4.39. The van der Waals surface area contributed by atoms with Gasteiger partial charge >= 0.3 is 5.97 Å². The molecule has 0 fully saturated rings. The van der Waals surface area contributed by atoms with Crippen molar-refractivity contribution in [3.05, 3.63) is 53.1 Å². The Bertz CT molecular complexity index is 1000. The summed E-state index contributed by atoms with van der Waals surface area (Å²) in [5.41, 5.74) is 0.394. The van der Waals surface area contributed by atoms with Crippen LogP contribution < -0.4 is 5.32 Å². The molecule has 0 aliphatic heterocycles. The lowest BCUT2D eigenvalue weighted by molar-refractivity contribution is -0.144. The summed E-state index contributed by atoms with van der Waals surface area (Å²) in [6.07, 6.45) is 1.44. The normalized spacial score (nSPS) is 10.8. The van der Waals surface area contributed by atoms with Gasteiger partial charge in [0.2, 0.25) is 5.95 Å². The molecular weight excluding hydrogens is 399 g/mol. The van der Waals surface area contributed by atoms with Gasteiger partial charge in [0.25, 0.3) is 0 Å². The molecule has 0 atom stereocenters. The van der Waals surface area contributed by atoms with Crippen molar-refractivity contribution in [1.82, 2.24) is 19.7 Å². The zero-order valence-electron chi connectivity index (χ0n) is 14.4. The summed E-state index contributed by atoms with van der Waals surface area (Å²) in [6, 6.07) is 4.62. The largest absolute Gasteiger partial charge is 0.465 e. The van der Waals surface area contributed by atoms with Crippen molar-refractivity contribution in [2.24, 2.45) is 0 Å². The van der Waals surface area contributed by atoms with Crippen molar-refractivity contribution in [3.8, 4) is 11.4 Å². The molecule has 11 heteroatoms. The highest BCUT2D eigenvalue weighted by atomic mass is 35.5. The molecule has 0 saturated heterocycles. The van der Waals surface area contributed by atoms with E-state index in [0.29, 0.717) is 5.56 Å². The maximum atomic E-state index is 13.4. The zero-order valence-corrected chi connectivity index (χ0v) is 15.2. The molecule has 146 valence electrons. The van der Waals surface area contributed by atoms with E-state index < -0.39 is 23.4 Å². The lowest BCUT2D eigenvalue weighted by atomic mass is 10.2. The van der Waals surface area contributed by atoms with E-state index in [9.17, 15) is 18.0 Å². The first-order valence-corrected chi connectivity index (χ1v) is 8.39. The van der Waals surface area contributed by atoms with Gasteiger partial charge in [-0.05, 0) is 19.1 Å². The molecule has 2 aromatic heterocycles. The smallest absolute Gasteiger partial charge is 0.327 e. The van der Waals surface area contributed by atoms with Crippen molar-refractivity contribution >= 4 is 29.2 Å². The van der Waals surface area contributed by atoms with E-state index >= 15 is 0 Å².